The Hall–Kier alpha value is -4.00. The Bertz CT molecular complexity index is 1740. The summed E-state index contributed by atoms with van der Waals surface area (Å²) >= 11 is 5.03. The number of phenolic OH excluding ortho intramolecular Hbond substituents is 1. The highest BCUT2D eigenvalue weighted by Gasteiger charge is 2.13. The van der Waals surface area contributed by atoms with E-state index in [-0.39, 0.29) is 5.75 Å². The van der Waals surface area contributed by atoms with Crippen molar-refractivity contribution in [1.29, 1.82) is 0 Å². The number of rotatable bonds is 4. The Labute approximate surface area is 220 Å². The van der Waals surface area contributed by atoms with Crippen LogP contribution in [0.4, 0.5) is 5.69 Å². The van der Waals surface area contributed by atoms with Gasteiger partial charge in [0.05, 0.1) is 16.9 Å². The van der Waals surface area contributed by atoms with Gasteiger partial charge < -0.3 is 9.52 Å². The van der Waals surface area contributed by atoms with Gasteiger partial charge in [-0.3, -0.25) is 0 Å². The largest absolute Gasteiger partial charge is 0.508 e. The van der Waals surface area contributed by atoms with Crippen LogP contribution in [0, 0.1) is 0 Å². The number of benzene rings is 4. The van der Waals surface area contributed by atoms with Gasteiger partial charge >= 0.3 is 0 Å². The van der Waals surface area contributed by atoms with Crippen molar-refractivity contribution in [3.05, 3.63) is 119 Å². The van der Waals surface area contributed by atoms with E-state index < -0.39 is 0 Å². The topological polar surface area (TPSA) is 58.6 Å². The number of nitrogens with zero attached hydrogens (tertiary/aromatic N) is 2. The number of fused-ring (bicyclic) bond motifs is 1. The summed E-state index contributed by atoms with van der Waals surface area (Å²) in [6, 6.07) is 33.5. The highest BCUT2D eigenvalue weighted by Crippen LogP contribution is 2.31. The van der Waals surface area contributed by atoms with Crippen molar-refractivity contribution in [2.75, 3.05) is 0 Å². The summed E-state index contributed by atoms with van der Waals surface area (Å²) in [5.41, 5.74) is 6.77. The first-order chi connectivity index (χ1) is 17.6. The van der Waals surface area contributed by atoms with Crippen molar-refractivity contribution in [2.24, 2.45) is 4.99 Å². The third kappa shape index (κ3) is 4.61. The molecule has 4 aromatic carbocycles. The zero-order valence-electron chi connectivity index (χ0n) is 18.9. The normalized spacial score (nSPS) is 11.8. The molecule has 0 amide bonds. The van der Waals surface area contributed by atoms with E-state index in [4.69, 9.17) is 14.4 Å². The molecule has 0 spiro atoms. The molecular formula is C30H19BrN2O2S. The van der Waals surface area contributed by atoms with Crippen molar-refractivity contribution < 1.29 is 9.52 Å². The van der Waals surface area contributed by atoms with Crippen LogP contribution in [0.15, 0.2) is 122 Å². The van der Waals surface area contributed by atoms with Crippen LogP contribution in [-0.4, -0.2) is 10.1 Å². The number of hydrogen-bond acceptors (Lipinski definition) is 5. The predicted octanol–water partition coefficient (Wildman–Crippen LogP) is 8.59. The average Bonchev–Trinajstić information content (AvgIpc) is 3.40. The van der Waals surface area contributed by atoms with E-state index >= 15 is 0 Å². The Kier molecular flexibility index (Phi) is 5.97. The summed E-state index contributed by atoms with van der Waals surface area (Å²) in [5, 5.41) is 13.7. The fourth-order valence-corrected chi connectivity index (χ4v) is 5.07. The molecular weight excluding hydrogens is 532 g/mol. The predicted molar refractivity (Wildman–Crippen MR) is 149 cm³/mol. The summed E-state index contributed by atoms with van der Waals surface area (Å²) in [6.07, 6.45) is 0. The monoisotopic (exact) mass is 550 g/mol. The van der Waals surface area contributed by atoms with Gasteiger partial charge in [-0.1, -0.05) is 70.5 Å². The van der Waals surface area contributed by atoms with Crippen LogP contribution in [0.3, 0.4) is 0 Å². The molecule has 2 aromatic heterocycles. The van der Waals surface area contributed by atoms with Gasteiger partial charge in [0, 0.05) is 26.9 Å². The Morgan fingerprint density at radius 3 is 2.28 bits per heavy atom. The lowest BCUT2D eigenvalue weighted by Crippen LogP contribution is -2.05. The van der Waals surface area contributed by atoms with Gasteiger partial charge in [-0.25, -0.2) is 9.98 Å². The second kappa shape index (κ2) is 9.57. The Morgan fingerprint density at radius 2 is 1.50 bits per heavy atom. The summed E-state index contributed by atoms with van der Waals surface area (Å²) in [5.74, 6) is 0.143. The van der Waals surface area contributed by atoms with Crippen LogP contribution in [-0.2, 0) is 0 Å². The molecule has 6 heteroatoms. The van der Waals surface area contributed by atoms with E-state index in [2.05, 4.69) is 40.2 Å². The quantitative estimate of drug-likeness (QED) is 0.239. The number of aromatic nitrogens is 1. The van der Waals surface area contributed by atoms with Gasteiger partial charge in [0.25, 0.3) is 0 Å². The fourth-order valence-electron chi connectivity index (χ4n) is 3.97. The van der Waals surface area contributed by atoms with Crippen molar-refractivity contribution in [1.82, 2.24) is 4.98 Å². The van der Waals surface area contributed by atoms with Gasteiger partial charge in [-0.2, -0.15) is 0 Å². The molecule has 4 nitrogen and oxygen atoms in total. The smallest absolute Gasteiger partial charge is 0.230 e. The van der Waals surface area contributed by atoms with E-state index in [1.165, 1.54) is 0 Å². The second-order valence-electron chi connectivity index (χ2n) is 8.26. The van der Waals surface area contributed by atoms with E-state index in [0.717, 1.165) is 48.5 Å². The summed E-state index contributed by atoms with van der Waals surface area (Å²) < 4.78 is 7.24. The molecule has 0 aliphatic rings. The molecule has 6 aromatic rings. The standard InChI is InChI=1S/C30H19BrN2O2S/c31-23-11-6-21(7-12-23)27-18-36-30(33-27)26-16-22-10-15-25(34)17-28(22)35-29(26)32-24-13-8-20(9-14-24)19-4-2-1-3-5-19/h1-18,34H. The average molecular weight is 551 g/mol. The number of aromatic hydroxyl groups is 1. The van der Waals surface area contributed by atoms with Crippen LogP contribution >= 0.6 is 27.3 Å². The zero-order valence-corrected chi connectivity index (χ0v) is 21.3. The summed E-state index contributed by atoms with van der Waals surface area (Å²) in [7, 11) is 0. The van der Waals surface area contributed by atoms with Crippen LogP contribution in [0.2, 0.25) is 0 Å². The number of hydrogen-bond donors (Lipinski definition) is 1. The van der Waals surface area contributed by atoms with E-state index in [0.29, 0.717) is 11.1 Å². The molecule has 0 saturated carbocycles. The van der Waals surface area contributed by atoms with Crippen LogP contribution < -0.4 is 5.55 Å². The van der Waals surface area contributed by atoms with Gasteiger partial charge in [0.2, 0.25) is 5.55 Å². The third-order valence-corrected chi connectivity index (χ3v) is 7.22. The Morgan fingerprint density at radius 1 is 0.778 bits per heavy atom. The minimum Gasteiger partial charge on any atom is -0.508 e. The lowest BCUT2D eigenvalue weighted by molar-refractivity contribution is 0.472. The first-order valence-electron chi connectivity index (χ1n) is 11.3. The highest BCUT2D eigenvalue weighted by atomic mass is 79.9. The zero-order chi connectivity index (χ0) is 24.5. The first-order valence-corrected chi connectivity index (χ1v) is 13.0. The van der Waals surface area contributed by atoms with Crippen molar-refractivity contribution in [2.45, 2.75) is 0 Å². The molecule has 2 heterocycles. The Balaban J connectivity index is 1.47. The highest BCUT2D eigenvalue weighted by molar-refractivity contribution is 9.10. The molecule has 1 N–H and O–H groups in total. The molecule has 0 radical (unpaired) electrons. The molecule has 174 valence electrons. The maximum absolute atomic E-state index is 9.98. The van der Waals surface area contributed by atoms with Gasteiger partial charge in [0.15, 0.2) is 0 Å². The third-order valence-electron chi connectivity index (χ3n) is 5.81. The van der Waals surface area contributed by atoms with Gasteiger partial charge in [0.1, 0.15) is 16.3 Å². The minimum absolute atomic E-state index is 0.143. The maximum atomic E-state index is 9.98. The fraction of sp³-hybridized carbons (Fsp3) is 0. The van der Waals surface area contributed by atoms with E-state index in [1.54, 1.807) is 23.5 Å². The number of phenols is 1. The minimum atomic E-state index is 0.143. The first kappa shape index (κ1) is 22.5. The molecule has 36 heavy (non-hydrogen) atoms. The lowest BCUT2D eigenvalue weighted by Gasteiger charge is -2.05. The van der Waals surface area contributed by atoms with Crippen LogP contribution in [0.5, 0.6) is 5.75 Å². The lowest BCUT2D eigenvalue weighted by atomic mass is 10.1. The molecule has 0 aliphatic heterocycles. The molecule has 0 atom stereocenters. The number of halogens is 1. The molecule has 0 fully saturated rings. The van der Waals surface area contributed by atoms with E-state index in [9.17, 15) is 5.11 Å². The van der Waals surface area contributed by atoms with Crippen molar-refractivity contribution in [3.63, 3.8) is 0 Å². The van der Waals surface area contributed by atoms with E-state index in [1.807, 2.05) is 72.1 Å². The van der Waals surface area contributed by atoms with Gasteiger partial charge in [-0.05, 0) is 53.6 Å². The SMILES string of the molecule is Oc1ccc2cc(-c3nc(-c4ccc(Br)cc4)cs3)c(=Nc3ccc(-c4ccccc4)cc3)oc2c1. The molecule has 0 saturated heterocycles. The summed E-state index contributed by atoms with van der Waals surface area (Å²) in [4.78, 5) is 9.73. The molecule has 6 rings (SSSR count). The van der Waals surface area contributed by atoms with Crippen LogP contribution in [0.1, 0.15) is 0 Å². The van der Waals surface area contributed by atoms with Crippen molar-refractivity contribution >= 4 is 43.9 Å². The molecule has 0 unspecified atom stereocenters. The molecule has 0 aliphatic carbocycles. The maximum Gasteiger partial charge on any atom is 0.230 e. The van der Waals surface area contributed by atoms with Crippen molar-refractivity contribution in [3.8, 4) is 38.7 Å². The summed E-state index contributed by atoms with van der Waals surface area (Å²) in [6.45, 7) is 0. The molecule has 0 bridgehead atoms. The second-order valence-corrected chi connectivity index (χ2v) is 10.0. The van der Waals surface area contributed by atoms with Gasteiger partial charge in [-0.15, -0.1) is 11.3 Å². The number of thiazole rings is 1. The van der Waals surface area contributed by atoms with Crippen LogP contribution in [0.25, 0.3) is 43.9 Å².